The molecular weight excluding hydrogens is 240 g/mol. The van der Waals surface area contributed by atoms with Crippen LogP contribution in [0.25, 0.3) is 0 Å². The van der Waals surface area contributed by atoms with E-state index in [-0.39, 0.29) is 5.91 Å². The summed E-state index contributed by atoms with van der Waals surface area (Å²) in [6.45, 7) is 4.24. The van der Waals surface area contributed by atoms with Gasteiger partial charge in [-0.25, -0.2) is 0 Å². The molecule has 4 nitrogen and oxygen atoms in total. The van der Waals surface area contributed by atoms with Crippen LogP contribution in [0.4, 0.5) is 5.69 Å². The number of hydrogen-bond donors (Lipinski definition) is 2. The normalized spacial score (nSPS) is 12.0. The third-order valence-corrected chi connectivity index (χ3v) is 2.51. The Morgan fingerprint density at radius 1 is 1.53 bits per heavy atom. The van der Waals surface area contributed by atoms with E-state index in [2.05, 4.69) is 5.32 Å². The summed E-state index contributed by atoms with van der Waals surface area (Å²) in [6, 6.07) is 4.55. The number of carbonyl (C=O) groups excluding carboxylic acids is 1. The van der Waals surface area contributed by atoms with Crippen molar-refractivity contribution in [1.82, 2.24) is 0 Å². The van der Waals surface area contributed by atoms with Gasteiger partial charge in [-0.15, -0.1) is 0 Å². The highest BCUT2D eigenvalue weighted by Crippen LogP contribution is 2.28. The van der Waals surface area contributed by atoms with E-state index >= 15 is 0 Å². The van der Waals surface area contributed by atoms with Crippen LogP contribution in [0.1, 0.15) is 20.3 Å². The predicted molar refractivity (Wildman–Crippen MR) is 69.5 cm³/mol. The molecule has 1 atom stereocenters. The summed E-state index contributed by atoms with van der Waals surface area (Å²) in [5.74, 6) is 0.351. The van der Waals surface area contributed by atoms with E-state index in [0.29, 0.717) is 29.5 Å². The molecule has 0 spiro atoms. The lowest BCUT2D eigenvalue weighted by atomic mass is 10.2. The van der Waals surface area contributed by atoms with Gasteiger partial charge >= 0.3 is 0 Å². The minimum Gasteiger partial charge on any atom is -0.492 e. The van der Waals surface area contributed by atoms with Crippen LogP contribution in [0.2, 0.25) is 5.02 Å². The van der Waals surface area contributed by atoms with Crippen LogP contribution in [0, 0.1) is 0 Å². The molecule has 0 aliphatic heterocycles. The molecule has 0 aromatic heterocycles. The average Bonchev–Trinajstić information content (AvgIpc) is 2.31. The summed E-state index contributed by atoms with van der Waals surface area (Å²) in [4.78, 5) is 11.7. The first kappa shape index (κ1) is 13.8. The number of amides is 1. The molecule has 1 rings (SSSR count). The second-order valence-corrected chi connectivity index (χ2v) is 4.01. The molecule has 1 amide bonds. The minimum absolute atomic E-state index is 0.240. The molecule has 1 aromatic rings. The molecule has 0 saturated heterocycles. The standard InChI is InChI=1S/C12H17ClN2O2/c1-3-9(14)12(16)15-10-7-8(13)5-6-11(10)17-4-2/h5-7,9H,3-4,14H2,1-2H3,(H,15,16)/t9-/m1/s1. The maximum atomic E-state index is 11.7. The van der Waals surface area contributed by atoms with Gasteiger partial charge in [-0.05, 0) is 31.5 Å². The Hall–Kier alpha value is -1.26. The van der Waals surface area contributed by atoms with Gasteiger partial charge in [0.05, 0.1) is 18.3 Å². The topological polar surface area (TPSA) is 64.3 Å². The lowest BCUT2D eigenvalue weighted by molar-refractivity contribution is -0.117. The third-order valence-electron chi connectivity index (χ3n) is 2.28. The first-order valence-electron chi connectivity index (χ1n) is 5.57. The Kier molecular flexibility index (Phi) is 5.25. The molecule has 17 heavy (non-hydrogen) atoms. The highest BCUT2D eigenvalue weighted by atomic mass is 35.5. The summed E-state index contributed by atoms with van der Waals surface area (Å²) >= 11 is 5.88. The molecule has 0 unspecified atom stereocenters. The lowest BCUT2D eigenvalue weighted by Gasteiger charge is -2.14. The first-order chi connectivity index (χ1) is 8.08. The maximum Gasteiger partial charge on any atom is 0.241 e. The quantitative estimate of drug-likeness (QED) is 0.850. The summed E-state index contributed by atoms with van der Waals surface area (Å²) in [6.07, 6.45) is 0.580. The number of anilines is 1. The largest absolute Gasteiger partial charge is 0.492 e. The number of hydrogen-bond acceptors (Lipinski definition) is 3. The van der Waals surface area contributed by atoms with E-state index in [9.17, 15) is 4.79 Å². The van der Waals surface area contributed by atoms with Crippen LogP contribution in [0.5, 0.6) is 5.75 Å². The number of nitrogens with two attached hydrogens (primary N) is 1. The van der Waals surface area contributed by atoms with Gasteiger partial charge in [0.25, 0.3) is 0 Å². The summed E-state index contributed by atoms with van der Waals surface area (Å²) < 4.78 is 5.39. The number of nitrogens with one attached hydrogen (secondary N) is 1. The average molecular weight is 257 g/mol. The van der Waals surface area contributed by atoms with E-state index in [1.165, 1.54) is 0 Å². The van der Waals surface area contributed by atoms with Gasteiger partial charge in [-0.2, -0.15) is 0 Å². The van der Waals surface area contributed by atoms with Gasteiger partial charge in [0.2, 0.25) is 5.91 Å². The van der Waals surface area contributed by atoms with Crippen LogP contribution in [-0.4, -0.2) is 18.6 Å². The number of benzene rings is 1. The van der Waals surface area contributed by atoms with Crippen LogP contribution in [0.15, 0.2) is 18.2 Å². The van der Waals surface area contributed by atoms with Crippen molar-refractivity contribution in [3.63, 3.8) is 0 Å². The fraction of sp³-hybridized carbons (Fsp3) is 0.417. The van der Waals surface area contributed by atoms with Gasteiger partial charge in [-0.1, -0.05) is 18.5 Å². The molecule has 0 fully saturated rings. The van der Waals surface area contributed by atoms with Crippen molar-refractivity contribution in [2.24, 2.45) is 5.73 Å². The summed E-state index contributed by atoms with van der Waals surface area (Å²) in [5, 5.41) is 3.25. The van der Waals surface area contributed by atoms with Crippen molar-refractivity contribution in [3.05, 3.63) is 23.2 Å². The van der Waals surface area contributed by atoms with E-state index in [4.69, 9.17) is 22.1 Å². The van der Waals surface area contributed by atoms with E-state index in [0.717, 1.165) is 0 Å². The Morgan fingerprint density at radius 2 is 2.24 bits per heavy atom. The van der Waals surface area contributed by atoms with Gasteiger partial charge < -0.3 is 15.8 Å². The van der Waals surface area contributed by atoms with E-state index in [1.807, 2.05) is 13.8 Å². The SMILES string of the molecule is CCOc1ccc(Cl)cc1NC(=O)[C@H](N)CC. The van der Waals surface area contributed by atoms with Crippen molar-refractivity contribution in [2.75, 3.05) is 11.9 Å². The zero-order valence-electron chi connectivity index (χ0n) is 10.00. The monoisotopic (exact) mass is 256 g/mol. The number of ether oxygens (including phenoxy) is 1. The van der Waals surface area contributed by atoms with Crippen LogP contribution in [0.3, 0.4) is 0 Å². The molecule has 0 radical (unpaired) electrons. The molecule has 0 aliphatic rings. The van der Waals surface area contributed by atoms with Gasteiger partial charge in [0.1, 0.15) is 5.75 Å². The molecule has 94 valence electrons. The second-order valence-electron chi connectivity index (χ2n) is 3.58. The van der Waals surface area contributed by atoms with Crippen molar-refractivity contribution in [2.45, 2.75) is 26.3 Å². The van der Waals surface area contributed by atoms with Gasteiger partial charge in [0.15, 0.2) is 0 Å². The molecular formula is C12H17ClN2O2. The van der Waals surface area contributed by atoms with Crippen LogP contribution >= 0.6 is 11.6 Å². The van der Waals surface area contributed by atoms with Gasteiger partial charge in [0, 0.05) is 5.02 Å². The van der Waals surface area contributed by atoms with Crippen molar-refractivity contribution >= 4 is 23.2 Å². The molecule has 0 aliphatic carbocycles. The smallest absolute Gasteiger partial charge is 0.241 e. The van der Waals surface area contributed by atoms with E-state index < -0.39 is 6.04 Å². The molecule has 3 N–H and O–H groups in total. The summed E-state index contributed by atoms with van der Waals surface area (Å²) in [5.41, 5.74) is 6.19. The zero-order valence-corrected chi connectivity index (χ0v) is 10.8. The number of carbonyl (C=O) groups is 1. The molecule has 5 heteroatoms. The predicted octanol–water partition coefficient (Wildman–Crippen LogP) is 2.41. The highest BCUT2D eigenvalue weighted by Gasteiger charge is 2.13. The Bertz CT molecular complexity index is 396. The molecule has 0 bridgehead atoms. The zero-order chi connectivity index (χ0) is 12.8. The fourth-order valence-corrected chi connectivity index (χ4v) is 1.46. The third kappa shape index (κ3) is 3.91. The Morgan fingerprint density at radius 3 is 2.82 bits per heavy atom. The Balaban J connectivity index is 2.87. The van der Waals surface area contributed by atoms with Crippen molar-refractivity contribution < 1.29 is 9.53 Å². The lowest BCUT2D eigenvalue weighted by Crippen LogP contribution is -2.34. The molecule has 1 aromatic carbocycles. The Labute approximate surface area is 106 Å². The van der Waals surface area contributed by atoms with Crippen molar-refractivity contribution in [1.29, 1.82) is 0 Å². The second kappa shape index (κ2) is 6.47. The van der Waals surface area contributed by atoms with Gasteiger partial charge in [-0.3, -0.25) is 4.79 Å². The first-order valence-corrected chi connectivity index (χ1v) is 5.95. The fourth-order valence-electron chi connectivity index (χ4n) is 1.29. The molecule has 0 heterocycles. The highest BCUT2D eigenvalue weighted by molar-refractivity contribution is 6.31. The maximum absolute atomic E-state index is 11.7. The minimum atomic E-state index is -0.525. The molecule has 0 saturated carbocycles. The number of rotatable bonds is 5. The number of halogens is 1. The van der Waals surface area contributed by atoms with Crippen LogP contribution < -0.4 is 15.8 Å². The van der Waals surface area contributed by atoms with Crippen LogP contribution in [-0.2, 0) is 4.79 Å². The van der Waals surface area contributed by atoms with E-state index in [1.54, 1.807) is 18.2 Å². The van der Waals surface area contributed by atoms with Crippen molar-refractivity contribution in [3.8, 4) is 5.75 Å². The summed E-state index contributed by atoms with van der Waals surface area (Å²) in [7, 11) is 0.